The van der Waals surface area contributed by atoms with Gasteiger partial charge in [-0.2, -0.15) is 0 Å². The molecule has 11 N–H and O–H groups in total. The van der Waals surface area contributed by atoms with E-state index in [9.17, 15) is 50.8 Å². The van der Waals surface area contributed by atoms with E-state index in [1.165, 1.54) is 6.08 Å². The first-order valence-corrected chi connectivity index (χ1v) is 11.1. The number of hydrogen-bond acceptors (Lipinski definition) is 11. The van der Waals surface area contributed by atoms with Crippen LogP contribution < -0.4 is 10.6 Å². The molecule has 2 fully saturated rings. The molecular weight excluding hydrogens is 440 g/mol. The van der Waals surface area contributed by atoms with Crippen LogP contribution in [0.3, 0.4) is 0 Å². The highest BCUT2D eigenvalue weighted by Gasteiger charge is 2.55. The van der Waals surface area contributed by atoms with Gasteiger partial charge in [0.05, 0.1) is 29.9 Å². The molecule has 0 radical (unpaired) electrons. The maximum Gasteiger partial charge on any atom is 0.333 e. The highest BCUT2D eigenvalue weighted by Crippen LogP contribution is 2.42. The summed E-state index contributed by atoms with van der Waals surface area (Å²) in [6.45, 7) is -3.86. The van der Waals surface area contributed by atoms with Crippen LogP contribution in [0.25, 0.3) is 0 Å². The highest BCUT2D eigenvalue weighted by atomic mass is 16.4. The van der Waals surface area contributed by atoms with Gasteiger partial charge in [-0.3, -0.25) is 0 Å². The largest absolute Gasteiger partial charge is 0.478 e. The Kier molecular flexibility index (Phi) is 10.2. The Hall–Kier alpha value is -1.19. The zero-order valence-electron chi connectivity index (χ0n) is 18.5. The van der Waals surface area contributed by atoms with Crippen molar-refractivity contribution < 1.29 is 50.8 Å². The van der Waals surface area contributed by atoms with E-state index in [2.05, 4.69) is 10.6 Å². The van der Waals surface area contributed by atoms with Gasteiger partial charge in [0, 0.05) is 64.6 Å². The molecule has 0 aromatic heterocycles. The van der Waals surface area contributed by atoms with E-state index in [0.717, 1.165) is 0 Å². The fraction of sp³-hybridized carbons (Fsp3) is 0.857. The van der Waals surface area contributed by atoms with Crippen LogP contribution in [0.5, 0.6) is 0 Å². The molecule has 0 aliphatic carbocycles. The Morgan fingerprint density at radius 2 is 1.24 bits per heavy atom. The number of piperidine rings is 2. The molecule has 0 saturated carbocycles. The lowest BCUT2D eigenvalue weighted by Gasteiger charge is -2.52. The number of carboxylic acids is 1. The van der Waals surface area contributed by atoms with Crippen molar-refractivity contribution in [1.82, 2.24) is 10.6 Å². The summed E-state index contributed by atoms with van der Waals surface area (Å²) in [6.07, 6.45) is 1.20. The van der Waals surface area contributed by atoms with Crippen LogP contribution >= 0.6 is 0 Å². The van der Waals surface area contributed by atoms with Crippen LogP contribution in [-0.2, 0) is 4.79 Å². The van der Waals surface area contributed by atoms with E-state index in [-0.39, 0.29) is 26.3 Å². The highest BCUT2D eigenvalue weighted by molar-refractivity contribution is 5.90. The third kappa shape index (κ3) is 4.96. The van der Waals surface area contributed by atoms with Crippen molar-refractivity contribution in [3.05, 3.63) is 11.6 Å². The summed E-state index contributed by atoms with van der Waals surface area (Å²) in [7, 11) is 0. The molecule has 12 heteroatoms. The van der Waals surface area contributed by atoms with Gasteiger partial charge < -0.3 is 56.6 Å². The van der Waals surface area contributed by atoms with Gasteiger partial charge in [0.25, 0.3) is 0 Å². The van der Waals surface area contributed by atoms with Crippen molar-refractivity contribution in [2.45, 2.75) is 11.1 Å². The molecule has 2 aliphatic heterocycles. The summed E-state index contributed by atoms with van der Waals surface area (Å²) >= 11 is 0. The van der Waals surface area contributed by atoms with E-state index >= 15 is 0 Å². The van der Waals surface area contributed by atoms with Crippen LogP contribution in [0.2, 0.25) is 0 Å². The molecule has 33 heavy (non-hydrogen) atoms. The van der Waals surface area contributed by atoms with Gasteiger partial charge in [0.15, 0.2) is 0 Å². The Balaban J connectivity index is 2.66. The quantitative estimate of drug-likeness (QED) is 0.126. The first-order chi connectivity index (χ1) is 15.8. The van der Waals surface area contributed by atoms with E-state index in [0.29, 0.717) is 0 Å². The Labute approximate surface area is 192 Å². The van der Waals surface area contributed by atoms with Crippen molar-refractivity contribution >= 4 is 5.97 Å². The maximum atomic E-state index is 12.5. The number of aliphatic hydroxyl groups is 8. The second-order valence-electron chi connectivity index (χ2n) is 9.11. The molecule has 2 rings (SSSR count). The van der Waals surface area contributed by atoms with E-state index in [4.69, 9.17) is 0 Å². The van der Waals surface area contributed by atoms with Crippen molar-refractivity contribution in [1.29, 1.82) is 0 Å². The molecule has 0 spiro atoms. The third-order valence-electron chi connectivity index (χ3n) is 7.82. The predicted molar refractivity (Wildman–Crippen MR) is 115 cm³/mol. The molecule has 2 saturated heterocycles. The lowest BCUT2D eigenvalue weighted by atomic mass is 9.62. The summed E-state index contributed by atoms with van der Waals surface area (Å²) in [4.78, 5) is 12.5. The zero-order valence-corrected chi connectivity index (χ0v) is 18.5. The number of nitrogens with one attached hydrogen (secondary N) is 2. The minimum Gasteiger partial charge on any atom is -0.478 e. The molecule has 8 unspecified atom stereocenters. The number of aliphatic hydroxyl groups excluding tert-OH is 8. The summed E-state index contributed by atoms with van der Waals surface area (Å²) in [6, 6.07) is 0. The molecule has 8 atom stereocenters. The summed E-state index contributed by atoms with van der Waals surface area (Å²) in [5, 5.41) is 96.3. The van der Waals surface area contributed by atoms with Gasteiger partial charge in [-0.25, -0.2) is 4.79 Å². The predicted octanol–water partition coefficient (Wildman–Crippen LogP) is -4.68. The molecular formula is C21H38N2O10. The number of carboxylic acid groups (broad SMARTS) is 1. The van der Waals surface area contributed by atoms with Gasteiger partial charge in [-0.05, 0) is 29.7 Å². The topological polar surface area (TPSA) is 223 Å². The number of hydrogen-bond donors (Lipinski definition) is 11. The molecule has 0 amide bonds. The van der Waals surface area contributed by atoms with Gasteiger partial charge in [-0.15, -0.1) is 0 Å². The van der Waals surface area contributed by atoms with Crippen LogP contribution in [-0.4, -0.2) is 129 Å². The summed E-state index contributed by atoms with van der Waals surface area (Å²) in [5.41, 5.74) is -3.64. The van der Waals surface area contributed by atoms with Gasteiger partial charge in [0.2, 0.25) is 0 Å². The minimum atomic E-state index is -1.73. The maximum absolute atomic E-state index is 12.5. The second kappa shape index (κ2) is 12.0. The lowest BCUT2D eigenvalue weighted by Crippen LogP contribution is -2.69. The average molecular weight is 479 g/mol. The molecule has 0 aromatic rings. The van der Waals surface area contributed by atoms with Crippen LogP contribution in [0.1, 0.15) is 0 Å². The minimum absolute atomic E-state index is 0.0538. The fourth-order valence-corrected chi connectivity index (χ4v) is 5.71. The SMILES string of the molecule is O=C(O)C(=CC1(CO)NCC(CO)C(CO)C1CO)C1(CO)NCC(CO)C(CO)C1CO. The summed E-state index contributed by atoms with van der Waals surface area (Å²) < 4.78 is 0. The Bertz CT molecular complexity index is 679. The second-order valence-corrected chi connectivity index (χ2v) is 9.11. The van der Waals surface area contributed by atoms with Crippen LogP contribution in [0.4, 0.5) is 0 Å². The number of aliphatic carboxylic acids is 1. The monoisotopic (exact) mass is 478 g/mol. The zero-order chi connectivity index (χ0) is 24.8. The first-order valence-electron chi connectivity index (χ1n) is 11.1. The molecule has 2 aliphatic rings. The van der Waals surface area contributed by atoms with E-state index < -0.39 is 97.8 Å². The lowest BCUT2D eigenvalue weighted by molar-refractivity contribution is -0.135. The van der Waals surface area contributed by atoms with E-state index in [1.807, 2.05) is 0 Å². The number of rotatable bonds is 11. The first kappa shape index (κ1) is 28.1. The molecule has 12 nitrogen and oxygen atoms in total. The van der Waals surface area contributed by atoms with Crippen molar-refractivity contribution in [3.63, 3.8) is 0 Å². The van der Waals surface area contributed by atoms with Crippen LogP contribution in [0.15, 0.2) is 11.6 Å². The molecule has 2 heterocycles. The van der Waals surface area contributed by atoms with Crippen molar-refractivity contribution in [3.8, 4) is 0 Å². The average Bonchev–Trinajstić information content (AvgIpc) is 2.85. The van der Waals surface area contributed by atoms with Gasteiger partial charge in [-0.1, -0.05) is 0 Å². The standard InChI is InChI=1S/C21H38N2O10/c24-4-12-2-22-20(10-30,17(8-28)14(12)6-26)1-16(19(32)33)21(11-31)18(9-29)15(7-27)13(5-25)3-23-21/h1,12-15,17-18,22-31H,2-11H2,(H,32,33). The van der Waals surface area contributed by atoms with Crippen molar-refractivity contribution in [2.75, 3.05) is 65.9 Å². The van der Waals surface area contributed by atoms with E-state index in [1.54, 1.807) is 0 Å². The summed E-state index contributed by atoms with van der Waals surface area (Å²) in [5.74, 6) is -5.63. The Morgan fingerprint density at radius 1 is 0.727 bits per heavy atom. The Morgan fingerprint density at radius 3 is 1.64 bits per heavy atom. The normalized spacial score (nSPS) is 40.1. The van der Waals surface area contributed by atoms with Crippen LogP contribution in [0, 0.1) is 35.5 Å². The van der Waals surface area contributed by atoms with Crippen molar-refractivity contribution in [2.24, 2.45) is 35.5 Å². The van der Waals surface area contributed by atoms with Gasteiger partial charge >= 0.3 is 5.97 Å². The molecule has 192 valence electrons. The van der Waals surface area contributed by atoms with Gasteiger partial charge in [0.1, 0.15) is 0 Å². The number of carbonyl (C=O) groups is 1. The smallest absolute Gasteiger partial charge is 0.333 e. The fourth-order valence-electron chi connectivity index (χ4n) is 5.71. The molecule has 0 aromatic carbocycles. The molecule has 0 bridgehead atoms. The third-order valence-corrected chi connectivity index (χ3v) is 7.82.